The molecule has 2 N–H and O–H groups in total. The molecular weight excluding hydrogens is 288 g/mol. The van der Waals surface area contributed by atoms with E-state index in [1.807, 2.05) is 30.3 Å². The number of hydrogen-bond donors (Lipinski definition) is 2. The van der Waals surface area contributed by atoms with Crippen LogP contribution in [0.4, 0.5) is 0 Å². The van der Waals surface area contributed by atoms with Crippen molar-refractivity contribution >= 4 is 5.97 Å². The van der Waals surface area contributed by atoms with E-state index in [4.69, 9.17) is 4.74 Å². The van der Waals surface area contributed by atoms with Crippen molar-refractivity contribution in [3.8, 4) is 0 Å². The summed E-state index contributed by atoms with van der Waals surface area (Å²) < 4.78 is 5.75. The van der Waals surface area contributed by atoms with Gasteiger partial charge in [0.1, 0.15) is 12.1 Å². The molecule has 1 aromatic carbocycles. The van der Waals surface area contributed by atoms with Gasteiger partial charge in [0.25, 0.3) is 0 Å². The quantitative estimate of drug-likeness (QED) is 0.793. The molecular formula is C19H28N2O2. The lowest BCUT2D eigenvalue weighted by molar-refractivity contribution is -0.151. The average Bonchev–Trinajstić information content (AvgIpc) is 3.10. The zero-order valence-corrected chi connectivity index (χ0v) is 13.8. The predicted molar refractivity (Wildman–Crippen MR) is 91.1 cm³/mol. The number of piperidine rings is 1. The third-order valence-electron chi connectivity index (χ3n) is 5.02. The van der Waals surface area contributed by atoms with Crippen molar-refractivity contribution in [1.29, 1.82) is 0 Å². The molecule has 2 fully saturated rings. The maximum atomic E-state index is 12.7. The molecule has 3 rings (SSSR count). The Morgan fingerprint density at radius 1 is 1.13 bits per heavy atom. The molecule has 1 saturated heterocycles. The van der Waals surface area contributed by atoms with Gasteiger partial charge in [-0.1, -0.05) is 30.3 Å². The molecule has 23 heavy (non-hydrogen) atoms. The van der Waals surface area contributed by atoms with Gasteiger partial charge < -0.3 is 15.4 Å². The summed E-state index contributed by atoms with van der Waals surface area (Å²) in [7, 11) is 0. The molecule has 1 aliphatic heterocycles. The highest BCUT2D eigenvalue weighted by molar-refractivity contribution is 5.77. The van der Waals surface area contributed by atoms with Crippen LogP contribution in [-0.2, 0) is 9.53 Å². The zero-order chi connectivity index (χ0) is 15.9. The van der Waals surface area contributed by atoms with Crippen LogP contribution in [-0.4, -0.2) is 31.7 Å². The molecule has 1 aliphatic carbocycles. The molecule has 0 spiro atoms. The molecule has 0 amide bonds. The van der Waals surface area contributed by atoms with Gasteiger partial charge >= 0.3 is 5.97 Å². The highest BCUT2D eigenvalue weighted by Gasteiger charge is 2.27. The SMILES string of the molecule is O=C(OC1CCCC1)[C@@H](NCC1CCNCC1)c1ccccc1. The third kappa shape index (κ3) is 4.79. The van der Waals surface area contributed by atoms with Crippen molar-refractivity contribution in [3.63, 3.8) is 0 Å². The van der Waals surface area contributed by atoms with Crippen LogP contribution in [0.1, 0.15) is 50.1 Å². The van der Waals surface area contributed by atoms with Crippen molar-refractivity contribution < 1.29 is 9.53 Å². The standard InChI is InChI=1S/C19H28N2O2/c22-19(23-17-8-4-5-9-17)18(16-6-2-1-3-7-16)21-14-15-10-12-20-13-11-15/h1-3,6-7,15,17-18,20-21H,4-5,8-14H2/t18-/m0/s1. The Morgan fingerprint density at radius 2 is 1.83 bits per heavy atom. The Labute approximate surface area is 139 Å². The van der Waals surface area contributed by atoms with Crippen molar-refractivity contribution in [2.45, 2.75) is 50.7 Å². The van der Waals surface area contributed by atoms with Crippen LogP contribution in [0.15, 0.2) is 30.3 Å². The molecule has 0 bridgehead atoms. The van der Waals surface area contributed by atoms with Gasteiger partial charge in [0, 0.05) is 0 Å². The summed E-state index contributed by atoms with van der Waals surface area (Å²) in [5.41, 5.74) is 1.00. The van der Waals surface area contributed by atoms with E-state index in [0.29, 0.717) is 5.92 Å². The first kappa shape index (κ1) is 16.5. The monoisotopic (exact) mass is 316 g/mol. The van der Waals surface area contributed by atoms with Crippen LogP contribution in [0.3, 0.4) is 0 Å². The summed E-state index contributed by atoms with van der Waals surface area (Å²) >= 11 is 0. The van der Waals surface area contributed by atoms with Gasteiger partial charge in [-0.15, -0.1) is 0 Å². The fourth-order valence-electron chi connectivity index (χ4n) is 3.59. The van der Waals surface area contributed by atoms with Crippen molar-refractivity contribution in [3.05, 3.63) is 35.9 Å². The first-order chi connectivity index (χ1) is 11.3. The number of esters is 1. The normalized spacial score (nSPS) is 21.2. The lowest BCUT2D eigenvalue weighted by Gasteiger charge is -2.26. The summed E-state index contributed by atoms with van der Waals surface area (Å²) in [6.45, 7) is 3.03. The van der Waals surface area contributed by atoms with Crippen LogP contribution in [0.25, 0.3) is 0 Å². The molecule has 1 heterocycles. The van der Waals surface area contributed by atoms with Crippen LogP contribution >= 0.6 is 0 Å². The zero-order valence-electron chi connectivity index (χ0n) is 13.8. The van der Waals surface area contributed by atoms with Gasteiger partial charge in [0.05, 0.1) is 0 Å². The smallest absolute Gasteiger partial charge is 0.328 e. The van der Waals surface area contributed by atoms with Gasteiger partial charge in [0.15, 0.2) is 0 Å². The number of benzene rings is 1. The number of rotatable bonds is 6. The second-order valence-electron chi connectivity index (χ2n) is 6.79. The third-order valence-corrected chi connectivity index (χ3v) is 5.02. The Balaban J connectivity index is 1.61. The number of carbonyl (C=O) groups excluding carboxylic acids is 1. The number of hydrogen-bond acceptors (Lipinski definition) is 4. The Bertz CT molecular complexity index is 479. The highest BCUT2D eigenvalue weighted by Crippen LogP contribution is 2.24. The van der Waals surface area contributed by atoms with Gasteiger partial charge in [-0.2, -0.15) is 0 Å². The minimum atomic E-state index is -0.341. The van der Waals surface area contributed by atoms with Crippen molar-refractivity contribution in [2.24, 2.45) is 5.92 Å². The summed E-state index contributed by atoms with van der Waals surface area (Å²) in [5.74, 6) is 0.527. The Morgan fingerprint density at radius 3 is 2.52 bits per heavy atom. The molecule has 126 valence electrons. The van der Waals surface area contributed by atoms with E-state index in [0.717, 1.165) is 38.0 Å². The number of nitrogens with one attached hydrogen (secondary N) is 2. The minimum Gasteiger partial charge on any atom is -0.461 e. The van der Waals surface area contributed by atoms with E-state index in [-0.39, 0.29) is 18.1 Å². The maximum absolute atomic E-state index is 12.7. The number of carbonyl (C=O) groups is 1. The molecule has 0 unspecified atom stereocenters. The summed E-state index contributed by atoms with van der Waals surface area (Å²) in [4.78, 5) is 12.7. The van der Waals surface area contributed by atoms with Crippen LogP contribution in [0, 0.1) is 5.92 Å². The second kappa shape index (κ2) is 8.46. The van der Waals surface area contributed by atoms with Gasteiger partial charge in [-0.25, -0.2) is 4.79 Å². The largest absolute Gasteiger partial charge is 0.461 e. The molecule has 1 saturated carbocycles. The molecule has 0 aromatic heterocycles. The molecule has 1 aromatic rings. The molecule has 0 radical (unpaired) electrons. The summed E-state index contributed by atoms with van der Waals surface area (Å²) in [6, 6.07) is 9.63. The van der Waals surface area contributed by atoms with E-state index in [1.165, 1.54) is 25.7 Å². The van der Waals surface area contributed by atoms with E-state index in [2.05, 4.69) is 10.6 Å². The lowest BCUT2D eigenvalue weighted by atomic mass is 9.97. The fraction of sp³-hybridized carbons (Fsp3) is 0.632. The lowest BCUT2D eigenvalue weighted by Crippen LogP contribution is -2.38. The van der Waals surface area contributed by atoms with E-state index >= 15 is 0 Å². The molecule has 4 nitrogen and oxygen atoms in total. The highest BCUT2D eigenvalue weighted by atomic mass is 16.5. The van der Waals surface area contributed by atoms with Crippen LogP contribution in [0.2, 0.25) is 0 Å². The van der Waals surface area contributed by atoms with E-state index in [9.17, 15) is 4.79 Å². The predicted octanol–water partition coefficient (Wildman–Crippen LogP) is 2.80. The molecule has 1 atom stereocenters. The molecule has 4 heteroatoms. The first-order valence-corrected chi connectivity index (χ1v) is 9.02. The minimum absolute atomic E-state index is 0.114. The van der Waals surface area contributed by atoms with Gasteiger partial charge in [-0.05, 0) is 69.6 Å². The van der Waals surface area contributed by atoms with Gasteiger partial charge in [0.2, 0.25) is 0 Å². The van der Waals surface area contributed by atoms with Crippen molar-refractivity contribution in [1.82, 2.24) is 10.6 Å². The van der Waals surface area contributed by atoms with Crippen LogP contribution in [0.5, 0.6) is 0 Å². The summed E-state index contributed by atoms with van der Waals surface area (Å²) in [6.07, 6.45) is 6.85. The molecule has 2 aliphatic rings. The topological polar surface area (TPSA) is 50.4 Å². The van der Waals surface area contributed by atoms with Crippen LogP contribution < -0.4 is 10.6 Å². The van der Waals surface area contributed by atoms with E-state index in [1.54, 1.807) is 0 Å². The Kier molecular flexibility index (Phi) is 6.06. The van der Waals surface area contributed by atoms with E-state index < -0.39 is 0 Å². The van der Waals surface area contributed by atoms with Crippen molar-refractivity contribution in [2.75, 3.05) is 19.6 Å². The summed E-state index contributed by atoms with van der Waals surface area (Å²) in [5, 5.41) is 6.86. The fourth-order valence-corrected chi connectivity index (χ4v) is 3.59. The van der Waals surface area contributed by atoms with Gasteiger partial charge in [-0.3, -0.25) is 0 Å². The maximum Gasteiger partial charge on any atom is 0.328 e. The average molecular weight is 316 g/mol. The first-order valence-electron chi connectivity index (χ1n) is 9.02. The number of ether oxygens (including phenoxy) is 1. The second-order valence-corrected chi connectivity index (χ2v) is 6.79. The Hall–Kier alpha value is -1.39.